The third-order valence-electron chi connectivity index (χ3n) is 3.77. The average molecular weight is 318 g/mol. The standard InChI is InChI=1S/C17H13ClFNO2/c1-9-13(18)5-4-11-12(8-21)17(20-16(9)11)10-3-6-15(22-2)14(19)7-10/h3-8,20H,1-2H3. The van der Waals surface area contributed by atoms with E-state index in [2.05, 4.69) is 4.98 Å². The molecule has 3 nitrogen and oxygen atoms in total. The minimum absolute atomic E-state index is 0.159. The van der Waals surface area contributed by atoms with Crippen molar-refractivity contribution >= 4 is 28.8 Å². The van der Waals surface area contributed by atoms with Crippen molar-refractivity contribution in [1.29, 1.82) is 0 Å². The van der Waals surface area contributed by atoms with Gasteiger partial charge in [0.15, 0.2) is 17.9 Å². The normalized spacial score (nSPS) is 10.9. The van der Waals surface area contributed by atoms with Crippen molar-refractivity contribution in [1.82, 2.24) is 4.98 Å². The van der Waals surface area contributed by atoms with Gasteiger partial charge in [0, 0.05) is 21.5 Å². The van der Waals surface area contributed by atoms with Crippen LogP contribution in [0.4, 0.5) is 4.39 Å². The molecule has 22 heavy (non-hydrogen) atoms. The summed E-state index contributed by atoms with van der Waals surface area (Å²) in [7, 11) is 1.41. The van der Waals surface area contributed by atoms with E-state index in [0.717, 1.165) is 22.8 Å². The molecule has 0 spiro atoms. The molecule has 0 unspecified atom stereocenters. The lowest BCUT2D eigenvalue weighted by Gasteiger charge is -2.04. The summed E-state index contributed by atoms with van der Waals surface area (Å²) < 4.78 is 18.8. The number of aryl methyl sites for hydroxylation is 1. The van der Waals surface area contributed by atoms with Crippen LogP contribution in [0.5, 0.6) is 5.75 Å². The van der Waals surface area contributed by atoms with E-state index in [9.17, 15) is 9.18 Å². The maximum Gasteiger partial charge on any atom is 0.165 e. The number of ether oxygens (including phenoxy) is 1. The molecule has 1 N–H and O–H groups in total. The minimum Gasteiger partial charge on any atom is -0.494 e. The zero-order valence-electron chi connectivity index (χ0n) is 12.0. The summed E-state index contributed by atoms with van der Waals surface area (Å²) in [5.74, 6) is -0.322. The van der Waals surface area contributed by atoms with Crippen LogP contribution in [0.15, 0.2) is 30.3 Å². The smallest absolute Gasteiger partial charge is 0.165 e. The minimum atomic E-state index is -0.481. The Morgan fingerprint density at radius 3 is 2.68 bits per heavy atom. The second-order valence-corrected chi connectivity index (χ2v) is 5.38. The number of H-pyrrole nitrogens is 1. The Morgan fingerprint density at radius 2 is 2.05 bits per heavy atom. The number of aldehydes is 1. The molecule has 0 fully saturated rings. The molecule has 0 bridgehead atoms. The van der Waals surface area contributed by atoms with Crippen LogP contribution < -0.4 is 4.74 Å². The first-order chi connectivity index (χ1) is 10.6. The Kier molecular flexibility index (Phi) is 3.62. The molecule has 5 heteroatoms. The molecular formula is C17H13ClFNO2. The van der Waals surface area contributed by atoms with Gasteiger partial charge in [0.25, 0.3) is 0 Å². The van der Waals surface area contributed by atoms with Crippen molar-refractivity contribution in [2.24, 2.45) is 0 Å². The number of hydrogen-bond donors (Lipinski definition) is 1. The number of halogens is 2. The number of methoxy groups -OCH3 is 1. The molecule has 112 valence electrons. The van der Waals surface area contributed by atoms with Gasteiger partial charge in [0.05, 0.1) is 18.3 Å². The maximum absolute atomic E-state index is 13.9. The van der Waals surface area contributed by atoms with Crippen LogP contribution in [0.3, 0.4) is 0 Å². The lowest BCUT2D eigenvalue weighted by Crippen LogP contribution is -1.90. The number of aromatic nitrogens is 1. The Bertz CT molecular complexity index is 886. The van der Waals surface area contributed by atoms with Gasteiger partial charge >= 0.3 is 0 Å². The van der Waals surface area contributed by atoms with E-state index in [-0.39, 0.29) is 5.75 Å². The van der Waals surface area contributed by atoms with E-state index < -0.39 is 5.82 Å². The summed E-state index contributed by atoms with van der Waals surface area (Å²) in [5, 5.41) is 1.38. The van der Waals surface area contributed by atoms with Crippen molar-refractivity contribution in [3.8, 4) is 17.0 Å². The number of benzene rings is 2. The molecule has 0 atom stereocenters. The fraction of sp³-hybridized carbons (Fsp3) is 0.118. The van der Waals surface area contributed by atoms with Crippen molar-refractivity contribution in [2.45, 2.75) is 6.92 Å². The lowest BCUT2D eigenvalue weighted by atomic mass is 10.0. The number of aromatic amines is 1. The molecule has 1 aromatic heterocycles. The highest BCUT2D eigenvalue weighted by atomic mass is 35.5. The SMILES string of the molecule is COc1ccc(-c2[nH]c3c(C)c(Cl)ccc3c2C=O)cc1F. The summed E-state index contributed by atoms with van der Waals surface area (Å²) >= 11 is 6.12. The Hall–Kier alpha value is -2.33. The fourth-order valence-corrected chi connectivity index (χ4v) is 2.73. The molecule has 0 aliphatic carbocycles. The van der Waals surface area contributed by atoms with E-state index in [1.807, 2.05) is 6.92 Å². The van der Waals surface area contributed by atoms with Crippen LogP contribution in [0.1, 0.15) is 15.9 Å². The second kappa shape index (κ2) is 5.46. The number of rotatable bonds is 3. The quantitative estimate of drug-likeness (QED) is 0.708. The summed E-state index contributed by atoms with van der Waals surface area (Å²) in [6, 6.07) is 8.11. The van der Waals surface area contributed by atoms with Crippen LogP contribution in [-0.4, -0.2) is 18.4 Å². The van der Waals surface area contributed by atoms with Crippen LogP contribution >= 0.6 is 11.6 Å². The number of carbonyl (C=O) groups is 1. The molecule has 3 aromatic rings. The van der Waals surface area contributed by atoms with Gasteiger partial charge in [-0.05, 0) is 36.8 Å². The number of nitrogens with one attached hydrogen (secondary N) is 1. The topological polar surface area (TPSA) is 42.1 Å². The van der Waals surface area contributed by atoms with E-state index in [1.165, 1.54) is 19.2 Å². The van der Waals surface area contributed by atoms with Gasteiger partial charge in [0.1, 0.15) is 0 Å². The van der Waals surface area contributed by atoms with E-state index in [0.29, 0.717) is 21.8 Å². The average Bonchev–Trinajstić information content (AvgIpc) is 2.90. The number of carbonyl (C=O) groups excluding carboxylic acids is 1. The highest BCUT2D eigenvalue weighted by Gasteiger charge is 2.16. The van der Waals surface area contributed by atoms with E-state index in [4.69, 9.17) is 16.3 Å². The number of fused-ring (bicyclic) bond motifs is 1. The first-order valence-corrected chi connectivity index (χ1v) is 7.04. The summed E-state index contributed by atoms with van der Waals surface area (Å²) in [5.41, 5.74) is 3.26. The van der Waals surface area contributed by atoms with Gasteiger partial charge in [0.2, 0.25) is 0 Å². The van der Waals surface area contributed by atoms with Gasteiger partial charge in [-0.3, -0.25) is 4.79 Å². The molecule has 0 aliphatic heterocycles. The lowest BCUT2D eigenvalue weighted by molar-refractivity contribution is 0.112. The molecule has 0 amide bonds. The zero-order valence-corrected chi connectivity index (χ0v) is 12.8. The maximum atomic E-state index is 13.9. The highest BCUT2D eigenvalue weighted by molar-refractivity contribution is 6.32. The Labute approximate surface area is 131 Å². The van der Waals surface area contributed by atoms with Crippen LogP contribution in [0.2, 0.25) is 5.02 Å². The molecule has 0 radical (unpaired) electrons. The van der Waals surface area contributed by atoms with Gasteiger partial charge in [-0.25, -0.2) is 4.39 Å². The van der Waals surface area contributed by atoms with Crippen molar-refractivity contribution in [3.05, 3.63) is 52.3 Å². The van der Waals surface area contributed by atoms with Crippen molar-refractivity contribution in [2.75, 3.05) is 7.11 Å². The molecule has 0 aliphatic rings. The molecule has 0 saturated carbocycles. The molecule has 3 rings (SSSR count). The predicted octanol–water partition coefficient (Wildman–Crippen LogP) is 4.76. The van der Waals surface area contributed by atoms with Gasteiger partial charge in [-0.1, -0.05) is 17.7 Å². The monoisotopic (exact) mass is 317 g/mol. The second-order valence-electron chi connectivity index (χ2n) is 4.98. The summed E-state index contributed by atoms with van der Waals surface area (Å²) in [6.45, 7) is 1.87. The molecule has 2 aromatic carbocycles. The predicted molar refractivity (Wildman–Crippen MR) is 85.4 cm³/mol. The van der Waals surface area contributed by atoms with E-state index in [1.54, 1.807) is 18.2 Å². The molecular weight excluding hydrogens is 305 g/mol. The Balaban J connectivity index is 2.29. The molecule has 1 heterocycles. The first-order valence-electron chi connectivity index (χ1n) is 6.66. The van der Waals surface area contributed by atoms with Gasteiger partial charge in [-0.2, -0.15) is 0 Å². The van der Waals surface area contributed by atoms with E-state index >= 15 is 0 Å². The van der Waals surface area contributed by atoms with Crippen molar-refractivity contribution < 1.29 is 13.9 Å². The number of hydrogen-bond acceptors (Lipinski definition) is 2. The zero-order chi connectivity index (χ0) is 15.9. The summed E-state index contributed by atoms with van der Waals surface area (Å²) in [4.78, 5) is 14.7. The third-order valence-corrected chi connectivity index (χ3v) is 4.18. The largest absolute Gasteiger partial charge is 0.494 e. The third kappa shape index (κ3) is 2.16. The summed E-state index contributed by atoms with van der Waals surface area (Å²) in [6.07, 6.45) is 0.768. The van der Waals surface area contributed by atoms with Crippen LogP contribution in [-0.2, 0) is 0 Å². The molecule has 0 saturated heterocycles. The first kappa shape index (κ1) is 14.6. The van der Waals surface area contributed by atoms with Crippen LogP contribution in [0.25, 0.3) is 22.2 Å². The Morgan fingerprint density at radius 1 is 1.27 bits per heavy atom. The van der Waals surface area contributed by atoms with Gasteiger partial charge in [-0.15, -0.1) is 0 Å². The van der Waals surface area contributed by atoms with Crippen molar-refractivity contribution in [3.63, 3.8) is 0 Å². The van der Waals surface area contributed by atoms with Crippen LogP contribution in [0, 0.1) is 12.7 Å². The van der Waals surface area contributed by atoms with Gasteiger partial charge < -0.3 is 9.72 Å². The highest BCUT2D eigenvalue weighted by Crippen LogP contribution is 2.34. The fourth-order valence-electron chi connectivity index (χ4n) is 2.57.